The number of pyridine rings is 1. The van der Waals surface area contributed by atoms with Crippen LogP contribution in [0.5, 0.6) is 0 Å². The van der Waals surface area contributed by atoms with E-state index >= 15 is 0 Å². The Kier molecular flexibility index (Phi) is 2.39. The fourth-order valence-corrected chi connectivity index (χ4v) is 1.81. The van der Waals surface area contributed by atoms with Gasteiger partial charge in [0.1, 0.15) is 0 Å². The normalized spacial score (nSPS) is 18.6. The van der Waals surface area contributed by atoms with E-state index in [2.05, 4.69) is 0 Å². The molecule has 0 radical (unpaired) electrons. The van der Waals surface area contributed by atoms with Crippen molar-refractivity contribution < 1.29 is 14.2 Å². The van der Waals surface area contributed by atoms with Crippen LogP contribution in [0.1, 0.15) is 25.3 Å². The molecule has 72 valence electrons. The molecule has 0 spiro atoms. The van der Waals surface area contributed by atoms with Gasteiger partial charge < -0.3 is 0 Å². The summed E-state index contributed by atoms with van der Waals surface area (Å²) in [6.45, 7) is 0. The van der Waals surface area contributed by atoms with Gasteiger partial charge in [-0.2, -0.15) is 4.57 Å². The van der Waals surface area contributed by atoms with Crippen molar-refractivity contribution in [2.75, 3.05) is 0 Å². The number of rotatable bonds is 1. The minimum Gasteiger partial charge on any atom is -0.292 e. The molecule has 0 saturated heterocycles. The molecule has 3 nitrogen and oxygen atoms in total. The molecule has 1 heterocycles. The van der Waals surface area contributed by atoms with Gasteiger partial charge in [-0.15, -0.1) is 0 Å². The van der Waals surface area contributed by atoms with Crippen molar-refractivity contribution >= 4 is 11.6 Å². The minimum atomic E-state index is -0.565. The Balaban J connectivity index is 2.32. The zero-order valence-corrected chi connectivity index (χ0v) is 7.85. The number of hydrogen-bond acceptors (Lipinski definition) is 2. The summed E-state index contributed by atoms with van der Waals surface area (Å²) in [5, 5.41) is 0. The molecule has 0 N–H and O–H groups in total. The fraction of sp³-hybridized carbons (Fsp3) is 0.364. The van der Waals surface area contributed by atoms with E-state index in [0.717, 1.165) is 0 Å². The van der Waals surface area contributed by atoms with Gasteiger partial charge in [-0.3, -0.25) is 9.59 Å². The lowest BCUT2D eigenvalue weighted by molar-refractivity contribution is -0.696. The average Bonchev–Trinajstić information content (AvgIpc) is 2.19. The van der Waals surface area contributed by atoms with Crippen LogP contribution >= 0.6 is 0 Å². The molecular weight excluding hydrogens is 178 g/mol. The predicted molar refractivity (Wildman–Crippen MR) is 49.5 cm³/mol. The van der Waals surface area contributed by atoms with Gasteiger partial charge in [-0.1, -0.05) is 6.07 Å². The summed E-state index contributed by atoms with van der Waals surface area (Å²) in [7, 11) is 0. The highest BCUT2D eigenvalue weighted by Gasteiger charge is 2.37. The van der Waals surface area contributed by atoms with Gasteiger partial charge in [-0.05, 0) is 6.42 Å². The Morgan fingerprint density at radius 3 is 2.14 bits per heavy atom. The van der Waals surface area contributed by atoms with E-state index in [0.29, 0.717) is 19.3 Å². The lowest BCUT2D eigenvalue weighted by atomic mass is 9.92. The Morgan fingerprint density at radius 2 is 1.57 bits per heavy atom. The SMILES string of the molecule is O=C1CCCC(=O)C1[n+]1ccccc1. The first-order valence-corrected chi connectivity index (χ1v) is 4.80. The van der Waals surface area contributed by atoms with Crippen molar-refractivity contribution in [1.82, 2.24) is 0 Å². The van der Waals surface area contributed by atoms with Gasteiger partial charge in [0.15, 0.2) is 12.4 Å². The van der Waals surface area contributed by atoms with Crippen molar-refractivity contribution in [3.63, 3.8) is 0 Å². The van der Waals surface area contributed by atoms with Crippen molar-refractivity contribution in [3.8, 4) is 0 Å². The smallest absolute Gasteiger partial charge is 0.273 e. The van der Waals surface area contributed by atoms with Crippen LogP contribution in [-0.2, 0) is 9.59 Å². The molecule has 1 aliphatic rings. The molecule has 2 rings (SSSR count). The summed E-state index contributed by atoms with van der Waals surface area (Å²) >= 11 is 0. The number of carbonyl (C=O) groups is 2. The highest BCUT2D eigenvalue weighted by molar-refractivity contribution is 6.04. The molecule has 0 bridgehead atoms. The number of nitrogens with zero attached hydrogens (tertiary/aromatic N) is 1. The topological polar surface area (TPSA) is 38.0 Å². The maximum Gasteiger partial charge on any atom is 0.273 e. The number of ketones is 2. The third-order valence-corrected chi connectivity index (χ3v) is 2.49. The van der Waals surface area contributed by atoms with Crippen molar-refractivity contribution in [1.29, 1.82) is 0 Å². The molecule has 3 heteroatoms. The Bertz CT molecular complexity index is 343. The summed E-state index contributed by atoms with van der Waals surface area (Å²) < 4.78 is 1.70. The highest BCUT2D eigenvalue weighted by Crippen LogP contribution is 2.16. The molecule has 14 heavy (non-hydrogen) atoms. The summed E-state index contributed by atoms with van der Waals surface area (Å²) in [5.74, 6) is 0.0786. The third-order valence-electron chi connectivity index (χ3n) is 2.49. The Hall–Kier alpha value is -1.51. The molecule has 0 aliphatic heterocycles. The first kappa shape index (κ1) is 9.06. The number of carbonyl (C=O) groups excluding carboxylic acids is 2. The standard InChI is InChI=1S/C11H12NO2/c13-9-5-4-6-10(14)11(9)12-7-2-1-3-8-12/h1-3,7-8,11H,4-6H2/q+1. The quantitative estimate of drug-likeness (QED) is 0.486. The van der Waals surface area contributed by atoms with Crippen molar-refractivity contribution in [3.05, 3.63) is 30.6 Å². The second-order valence-corrected chi connectivity index (χ2v) is 3.51. The van der Waals surface area contributed by atoms with E-state index < -0.39 is 6.04 Å². The van der Waals surface area contributed by atoms with Crippen LogP contribution in [0.4, 0.5) is 0 Å². The van der Waals surface area contributed by atoms with Crippen LogP contribution in [0.15, 0.2) is 30.6 Å². The largest absolute Gasteiger partial charge is 0.292 e. The van der Waals surface area contributed by atoms with Crippen LogP contribution in [0.25, 0.3) is 0 Å². The molecule has 1 fully saturated rings. The first-order valence-electron chi connectivity index (χ1n) is 4.80. The first-order chi connectivity index (χ1) is 6.79. The number of aromatic nitrogens is 1. The molecule has 0 amide bonds. The van der Waals surface area contributed by atoms with Crippen LogP contribution in [0.2, 0.25) is 0 Å². The third kappa shape index (κ3) is 1.58. The van der Waals surface area contributed by atoms with Crippen molar-refractivity contribution in [2.24, 2.45) is 0 Å². The summed E-state index contributed by atoms with van der Waals surface area (Å²) in [4.78, 5) is 23.1. The lowest BCUT2D eigenvalue weighted by Crippen LogP contribution is -2.49. The van der Waals surface area contributed by atoms with E-state index in [-0.39, 0.29) is 11.6 Å². The van der Waals surface area contributed by atoms with Crippen LogP contribution < -0.4 is 4.57 Å². The van der Waals surface area contributed by atoms with Crippen molar-refractivity contribution in [2.45, 2.75) is 25.3 Å². The molecule has 1 aromatic rings. The summed E-state index contributed by atoms with van der Waals surface area (Å²) in [6.07, 6.45) is 5.30. The Morgan fingerprint density at radius 1 is 1.00 bits per heavy atom. The fourth-order valence-electron chi connectivity index (χ4n) is 1.81. The van der Waals surface area contributed by atoms with Crippen LogP contribution in [-0.4, -0.2) is 11.6 Å². The van der Waals surface area contributed by atoms with E-state index in [1.54, 1.807) is 17.0 Å². The molecule has 0 aromatic carbocycles. The molecule has 0 unspecified atom stereocenters. The summed E-state index contributed by atoms with van der Waals surface area (Å²) in [6, 6.07) is 4.96. The second kappa shape index (κ2) is 3.70. The minimum absolute atomic E-state index is 0.0393. The number of hydrogen-bond donors (Lipinski definition) is 0. The highest BCUT2D eigenvalue weighted by atomic mass is 16.2. The van der Waals surface area contributed by atoms with Gasteiger partial charge in [-0.25, -0.2) is 0 Å². The lowest BCUT2D eigenvalue weighted by Gasteiger charge is -2.14. The molecular formula is C11H12NO2+. The molecule has 1 saturated carbocycles. The zero-order chi connectivity index (χ0) is 9.97. The Labute approximate surface area is 82.4 Å². The van der Waals surface area contributed by atoms with Crippen LogP contribution in [0, 0.1) is 0 Å². The molecule has 1 aliphatic carbocycles. The van der Waals surface area contributed by atoms with E-state index in [1.165, 1.54) is 0 Å². The monoisotopic (exact) mass is 190 g/mol. The maximum absolute atomic E-state index is 11.6. The summed E-state index contributed by atoms with van der Waals surface area (Å²) in [5.41, 5.74) is 0. The zero-order valence-electron chi connectivity index (χ0n) is 7.85. The van der Waals surface area contributed by atoms with Gasteiger partial charge in [0.2, 0.25) is 11.6 Å². The van der Waals surface area contributed by atoms with Gasteiger partial charge in [0, 0.05) is 25.0 Å². The molecule has 1 aromatic heterocycles. The van der Waals surface area contributed by atoms with Crippen LogP contribution in [0.3, 0.4) is 0 Å². The predicted octanol–water partition coefficient (Wildman–Crippen LogP) is 0.837. The maximum atomic E-state index is 11.6. The van der Waals surface area contributed by atoms with E-state index in [4.69, 9.17) is 0 Å². The molecule has 0 atom stereocenters. The average molecular weight is 190 g/mol. The second-order valence-electron chi connectivity index (χ2n) is 3.51. The van der Waals surface area contributed by atoms with Gasteiger partial charge in [0.05, 0.1) is 0 Å². The van der Waals surface area contributed by atoms with E-state index in [9.17, 15) is 9.59 Å². The van der Waals surface area contributed by atoms with Gasteiger partial charge >= 0.3 is 0 Å². The van der Waals surface area contributed by atoms with Gasteiger partial charge in [0.25, 0.3) is 6.04 Å². The number of Topliss-reactive ketones (excluding diaryl/α,β-unsaturated/α-hetero) is 2. The van der Waals surface area contributed by atoms with E-state index in [1.807, 2.05) is 18.2 Å².